The van der Waals surface area contributed by atoms with Gasteiger partial charge in [0.05, 0.1) is 6.61 Å². The molecule has 0 saturated carbocycles. The molecule has 3 heteroatoms. The molecule has 0 bridgehead atoms. The Hall–Kier alpha value is -1.06. The molecule has 1 aliphatic rings. The highest BCUT2D eigenvalue weighted by molar-refractivity contribution is 5.39. The van der Waals surface area contributed by atoms with E-state index in [2.05, 4.69) is 5.32 Å². The summed E-state index contributed by atoms with van der Waals surface area (Å²) >= 11 is 0. The predicted octanol–water partition coefficient (Wildman–Crippen LogP) is 1.57. The van der Waals surface area contributed by atoms with Crippen LogP contribution in [0.1, 0.15) is 24.5 Å². The first-order valence-electron chi connectivity index (χ1n) is 5.83. The second kappa shape index (κ2) is 4.44. The van der Waals surface area contributed by atoms with Crippen molar-refractivity contribution in [3.05, 3.63) is 29.3 Å². The van der Waals surface area contributed by atoms with Crippen molar-refractivity contribution in [3.63, 3.8) is 0 Å². The summed E-state index contributed by atoms with van der Waals surface area (Å²) in [5.74, 6) is 0.904. The van der Waals surface area contributed by atoms with Crippen LogP contribution in [0, 0.1) is 6.92 Å². The van der Waals surface area contributed by atoms with Crippen LogP contribution >= 0.6 is 0 Å². The molecule has 1 aromatic carbocycles. The van der Waals surface area contributed by atoms with E-state index in [0.717, 1.165) is 29.8 Å². The maximum Gasteiger partial charge on any atom is 0.122 e. The van der Waals surface area contributed by atoms with Gasteiger partial charge in [-0.15, -0.1) is 0 Å². The highest BCUT2D eigenvalue weighted by atomic mass is 16.5. The van der Waals surface area contributed by atoms with E-state index in [-0.39, 0.29) is 0 Å². The van der Waals surface area contributed by atoms with Crippen LogP contribution in [-0.2, 0) is 5.60 Å². The molecule has 1 saturated heterocycles. The molecule has 88 valence electrons. The Morgan fingerprint density at radius 3 is 2.88 bits per heavy atom. The third kappa shape index (κ3) is 2.06. The van der Waals surface area contributed by atoms with Crippen LogP contribution in [0.5, 0.6) is 5.75 Å². The molecule has 0 aliphatic carbocycles. The van der Waals surface area contributed by atoms with E-state index in [1.54, 1.807) is 0 Å². The molecule has 0 amide bonds. The Balaban J connectivity index is 2.26. The van der Waals surface area contributed by atoms with Crippen molar-refractivity contribution in [1.29, 1.82) is 0 Å². The van der Waals surface area contributed by atoms with Gasteiger partial charge in [0.1, 0.15) is 11.4 Å². The van der Waals surface area contributed by atoms with Gasteiger partial charge in [-0.3, -0.25) is 0 Å². The number of benzene rings is 1. The smallest absolute Gasteiger partial charge is 0.122 e. The molecule has 1 unspecified atom stereocenters. The van der Waals surface area contributed by atoms with Crippen LogP contribution in [0.25, 0.3) is 0 Å². The van der Waals surface area contributed by atoms with Crippen LogP contribution in [-0.4, -0.2) is 24.8 Å². The lowest BCUT2D eigenvalue weighted by Gasteiger charge is -2.22. The lowest BCUT2D eigenvalue weighted by atomic mass is 9.92. The molecule has 0 radical (unpaired) electrons. The number of aryl methyl sites for hydroxylation is 1. The van der Waals surface area contributed by atoms with Gasteiger partial charge in [-0.25, -0.2) is 0 Å². The van der Waals surface area contributed by atoms with Gasteiger partial charge in [-0.2, -0.15) is 0 Å². The zero-order valence-electron chi connectivity index (χ0n) is 9.92. The molecule has 1 heterocycles. The highest BCUT2D eigenvalue weighted by Gasteiger charge is 2.33. The summed E-state index contributed by atoms with van der Waals surface area (Å²) in [6, 6.07) is 5.94. The molecule has 1 aromatic rings. The molecule has 1 atom stereocenters. The second-order valence-electron chi connectivity index (χ2n) is 4.37. The van der Waals surface area contributed by atoms with E-state index in [1.165, 1.54) is 0 Å². The number of aliphatic hydroxyl groups is 1. The highest BCUT2D eigenvalue weighted by Crippen LogP contribution is 2.30. The average molecular weight is 221 g/mol. The summed E-state index contributed by atoms with van der Waals surface area (Å²) in [6.07, 6.45) is 0.778. The van der Waals surface area contributed by atoms with Crippen molar-refractivity contribution in [2.24, 2.45) is 0 Å². The van der Waals surface area contributed by atoms with Gasteiger partial charge in [0.25, 0.3) is 0 Å². The third-order valence-corrected chi connectivity index (χ3v) is 3.14. The summed E-state index contributed by atoms with van der Waals surface area (Å²) in [5.41, 5.74) is 1.37. The molecule has 2 N–H and O–H groups in total. The number of β-amino-alcohol motifs (C(OH)–C–C–N with tert-alkyl or cyclic N) is 1. The van der Waals surface area contributed by atoms with Gasteiger partial charge < -0.3 is 15.2 Å². The first-order chi connectivity index (χ1) is 7.65. The molecule has 1 aliphatic heterocycles. The Labute approximate surface area is 96.4 Å². The van der Waals surface area contributed by atoms with Crippen molar-refractivity contribution < 1.29 is 9.84 Å². The first-order valence-corrected chi connectivity index (χ1v) is 5.83. The maximum atomic E-state index is 10.4. The topological polar surface area (TPSA) is 41.5 Å². The quantitative estimate of drug-likeness (QED) is 0.814. The molecule has 16 heavy (non-hydrogen) atoms. The molecule has 0 spiro atoms. The lowest BCUT2D eigenvalue weighted by molar-refractivity contribution is 0.0586. The van der Waals surface area contributed by atoms with Crippen LogP contribution in [0.4, 0.5) is 0 Å². The SMILES string of the molecule is CCOc1ccc(C2(O)CCNC2)cc1C. The van der Waals surface area contributed by atoms with Gasteiger partial charge in [0.2, 0.25) is 0 Å². The predicted molar refractivity (Wildman–Crippen MR) is 63.7 cm³/mol. The van der Waals surface area contributed by atoms with Gasteiger partial charge >= 0.3 is 0 Å². The molecule has 0 aromatic heterocycles. The van der Waals surface area contributed by atoms with Crippen LogP contribution in [0.2, 0.25) is 0 Å². The Morgan fingerprint density at radius 1 is 1.50 bits per heavy atom. The van der Waals surface area contributed by atoms with Crippen molar-refractivity contribution in [2.45, 2.75) is 25.9 Å². The van der Waals surface area contributed by atoms with E-state index in [0.29, 0.717) is 13.2 Å². The minimum absolute atomic E-state index is 0.639. The first kappa shape index (κ1) is 11.4. The largest absolute Gasteiger partial charge is 0.494 e. The van der Waals surface area contributed by atoms with Crippen molar-refractivity contribution in [3.8, 4) is 5.75 Å². The number of nitrogens with one attached hydrogen (secondary N) is 1. The Morgan fingerprint density at radius 2 is 2.31 bits per heavy atom. The molecule has 3 nitrogen and oxygen atoms in total. The standard InChI is InChI=1S/C13H19NO2/c1-3-16-12-5-4-11(8-10(12)2)13(15)6-7-14-9-13/h4-5,8,14-15H,3,6-7,9H2,1-2H3. The van der Waals surface area contributed by atoms with Gasteiger partial charge in [-0.1, -0.05) is 6.07 Å². The minimum atomic E-state index is -0.699. The van der Waals surface area contributed by atoms with Gasteiger partial charge in [-0.05, 0) is 50.1 Å². The zero-order chi connectivity index (χ0) is 11.6. The Bertz CT molecular complexity index is 370. The number of hydrogen-bond donors (Lipinski definition) is 2. The average Bonchev–Trinajstić information content (AvgIpc) is 2.70. The normalized spacial score (nSPS) is 24.7. The summed E-state index contributed by atoms with van der Waals surface area (Å²) in [6.45, 7) is 6.18. The molecule has 1 fully saturated rings. The fraction of sp³-hybridized carbons (Fsp3) is 0.538. The van der Waals surface area contributed by atoms with Gasteiger partial charge in [0, 0.05) is 6.54 Å². The number of ether oxygens (including phenoxy) is 1. The van der Waals surface area contributed by atoms with E-state index < -0.39 is 5.60 Å². The van der Waals surface area contributed by atoms with Crippen molar-refractivity contribution in [1.82, 2.24) is 5.32 Å². The number of rotatable bonds is 3. The number of hydrogen-bond acceptors (Lipinski definition) is 3. The van der Waals surface area contributed by atoms with Crippen LogP contribution in [0.3, 0.4) is 0 Å². The summed E-state index contributed by atoms with van der Waals surface area (Å²) in [4.78, 5) is 0. The minimum Gasteiger partial charge on any atom is -0.494 e. The summed E-state index contributed by atoms with van der Waals surface area (Å²) in [5, 5.41) is 13.6. The lowest BCUT2D eigenvalue weighted by Crippen LogP contribution is -2.28. The third-order valence-electron chi connectivity index (χ3n) is 3.14. The second-order valence-corrected chi connectivity index (χ2v) is 4.37. The molecule has 2 rings (SSSR count). The summed E-state index contributed by atoms with van der Waals surface area (Å²) in [7, 11) is 0. The van der Waals surface area contributed by atoms with E-state index in [4.69, 9.17) is 4.74 Å². The summed E-state index contributed by atoms with van der Waals surface area (Å²) < 4.78 is 5.49. The van der Waals surface area contributed by atoms with Crippen LogP contribution < -0.4 is 10.1 Å². The van der Waals surface area contributed by atoms with E-state index in [9.17, 15) is 5.11 Å². The van der Waals surface area contributed by atoms with E-state index in [1.807, 2.05) is 32.0 Å². The maximum absolute atomic E-state index is 10.4. The van der Waals surface area contributed by atoms with Crippen LogP contribution in [0.15, 0.2) is 18.2 Å². The fourth-order valence-electron chi connectivity index (χ4n) is 2.18. The Kier molecular flexibility index (Phi) is 3.17. The molecular formula is C13H19NO2. The monoisotopic (exact) mass is 221 g/mol. The zero-order valence-corrected chi connectivity index (χ0v) is 9.92. The van der Waals surface area contributed by atoms with Gasteiger partial charge in [0.15, 0.2) is 0 Å². The fourth-order valence-corrected chi connectivity index (χ4v) is 2.18. The van der Waals surface area contributed by atoms with Crippen molar-refractivity contribution >= 4 is 0 Å². The molecular weight excluding hydrogens is 202 g/mol. The van der Waals surface area contributed by atoms with E-state index >= 15 is 0 Å². The van der Waals surface area contributed by atoms with Crippen molar-refractivity contribution in [2.75, 3.05) is 19.7 Å².